The first-order valence-corrected chi connectivity index (χ1v) is 13.9. The summed E-state index contributed by atoms with van der Waals surface area (Å²) in [5, 5.41) is 17.2. The smallest absolute Gasteiger partial charge is 0.308 e. The van der Waals surface area contributed by atoms with Gasteiger partial charge in [0.1, 0.15) is 11.9 Å². The minimum atomic E-state index is -1.39. The van der Waals surface area contributed by atoms with Gasteiger partial charge >= 0.3 is 5.97 Å². The molecule has 1 saturated heterocycles. The number of benzene rings is 3. The number of hydrogen-bond donors (Lipinski definition) is 3. The summed E-state index contributed by atoms with van der Waals surface area (Å²) in [5.74, 6) is -3.75. The molecule has 2 heterocycles. The summed E-state index contributed by atoms with van der Waals surface area (Å²) in [6.07, 6.45) is 0.159. The molecule has 3 unspecified atom stereocenters. The molecule has 1 fully saturated rings. The van der Waals surface area contributed by atoms with Crippen LogP contribution in [0, 0.1) is 11.7 Å². The molecular formula is C32H30FN3O7. The number of ketones is 1. The maximum atomic E-state index is 13.6. The summed E-state index contributed by atoms with van der Waals surface area (Å²) >= 11 is 0. The van der Waals surface area contributed by atoms with Crippen LogP contribution >= 0.6 is 0 Å². The number of halogens is 1. The van der Waals surface area contributed by atoms with Crippen molar-refractivity contribution >= 4 is 40.2 Å². The van der Waals surface area contributed by atoms with E-state index in [0.29, 0.717) is 11.1 Å². The Hall–Kier alpha value is -4.90. The molecule has 3 aromatic carbocycles. The van der Waals surface area contributed by atoms with Crippen LogP contribution in [0.25, 0.3) is 10.8 Å². The number of fused-ring (bicyclic) bond motifs is 1. The van der Waals surface area contributed by atoms with Crippen LogP contribution in [-0.2, 0) is 19.1 Å². The average Bonchev–Trinajstić information content (AvgIpc) is 3.23. The van der Waals surface area contributed by atoms with Crippen LogP contribution < -0.4 is 10.6 Å². The van der Waals surface area contributed by atoms with Gasteiger partial charge in [0.15, 0.2) is 5.78 Å². The van der Waals surface area contributed by atoms with Crippen molar-refractivity contribution < 1.29 is 38.2 Å². The molecule has 11 heteroatoms. The minimum absolute atomic E-state index is 0.0149. The van der Waals surface area contributed by atoms with E-state index < -0.39 is 53.5 Å². The fourth-order valence-electron chi connectivity index (χ4n) is 5.21. The quantitative estimate of drug-likeness (QED) is 0.258. The molecule has 3 amide bonds. The fourth-order valence-corrected chi connectivity index (χ4v) is 5.21. The number of carbonyl (C=O) groups is 5. The predicted octanol–water partition coefficient (Wildman–Crippen LogP) is 2.51. The molecule has 0 aliphatic carbocycles. The summed E-state index contributed by atoms with van der Waals surface area (Å²) in [7, 11) is 0. The zero-order chi connectivity index (χ0) is 30.5. The van der Waals surface area contributed by atoms with Crippen molar-refractivity contribution in [2.45, 2.75) is 31.6 Å². The Labute approximate surface area is 246 Å². The molecule has 3 N–H and O–H groups in total. The van der Waals surface area contributed by atoms with E-state index in [4.69, 9.17) is 4.74 Å². The number of nitrogens with zero attached hydrogens (tertiary/aromatic N) is 1. The van der Waals surface area contributed by atoms with Crippen molar-refractivity contribution in [3.63, 3.8) is 0 Å². The van der Waals surface area contributed by atoms with Gasteiger partial charge in [0.25, 0.3) is 11.8 Å². The summed E-state index contributed by atoms with van der Waals surface area (Å²) in [6, 6.07) is 17.0. The summed E-state index contributed by atoms with van der Waals surface area (Å²) < 4.78 is 18.3. The molecule has 0 spiro atoms. The number of rotatable bonds is 9. The summed E-state index contributed by atoms with van der Waals surface area (Å²) in [5.41, 5.74) is 1.10. The molecule has 5 rings (SSSR count). The molecule has 222 valence electrons. The number of ether oxygens (including phenoxy) is 1. The van der Waals surface area contributed by atoms with Gasteiger partial charge in [0.2, 0.25) is 12.2 Å². The molecule has 0 radical (unpaired) electrons. The molecule has 3 aromatic rings. The highest BCUT2D eigenvalue weighted by Gasteiger charge is 2.36. The first-order valence-electron chi connectivity index (χ1n) is 13.9. The second-order valence-electron chi connectivity index (χ2n) is 10.7. The largest absolute Gasteiger partial charge is 0.436 e. The van der Waals surface area contributed by atoms with Gasteiger partial charge in [0.05, 0.1) is 13.0 Å². The van der Waals surface area contributed by atoms with E-state index in [2.05, 4.69) is 10.6 Å². The van der Waals surface area contributed by atoms with Gasteiger partial charge in [-0.1, -0.05) is 42.5 Å². The van der Waals surface area contributed by atoms with Gasteiger partial charge in [-0.15, -0.1) is 0 Å². The molecule has 0 aromatic heterocycles. The maximum Gasteiger partial charge on any atom is 0.308 e. The Balaban J connectivity index is 1.31. The molecule has 3 atom stereocenters. The minimum Gasteiger partial charge on any atom is -0.436 e. The summed E-state index contributed by atoms with van der Waals surface area (Å²) in [6.45, 7) is -0.338. The first kappa shape index (κ1) is 29.6. The van der Waals surface area contributed by atoms with Crippen molar-refractivity contribution in [1.29, 1.82) is 0 Å². The van der Waals surface area contributed by atoms with Gasteiger partial charge in [0, 0.05) is 36.6 Å². The van der Waals surface area contributed by atoms with Crippen LogP contribution in [0.5, 0.6) is 0 Å². The van der Waals surface area contributed by atoms with Gasteiger partial charge in [-0.25, -0.2) is 4.39 Å². The molecular weight excluding hydrogens is 557 g/mol. The third-order valence-electron chi connectivity index (χ3n) is 7.47. The Morgan fingerprint density at radius 2 is 1.72 bits per heavy atom. The van der Waals surface area contributed by atoms with E-state index in [1.54, 1.807) is 18.2 Å². The topological polar surface area (TPSA) is 142 Å². The second kappa shape index (κ2) is 13.0. The molecule has 0 saturated carbocycles. The fraction of sp³-hybridized carbons (Fsp3) is 0.281. The van der Waals surface area contributed by atoms with Gasteiger partial charge in [-0.05, 0) is 53.1 Å². The number of hydrogen-bond acceptors (Lipinski definition) is 7. The number of Topliss-reactive ketones (excluding diaryl/α,β-unsaturated/α-hetero) is 1. The van der Waals surface area contributed by atoms with Crippen molar-refractivity contribution in [3.05, 3.63) is 95.3 Å². The monoisotopic (exact) mass is 587 g/mol. The molecule has 43 heavy (non-hydrogen) atoms. The normalized spacial score (nSPS) is 20.3. The van der Waals surface area contributed by atoms with Gasteiger partial charge < -0.3 is 25.4 Å². The van der Waals surface area contributed by atoms with E-state index >= 15 is 0 Å². The lowest BCUT2D eigenvalue weighted by Crippen LogP contribution is -2.49. The number of cyclic esters (lactones) is 1. The number of amides is 3. The number of carbonyl (C=O) groups excluding carboxylic acids is 5. The van der Waals surface area contributed by atoms with Gasteiger partial charge in [-0.3, -0.25) is 24.0 Å². The lowest BCUT2D eigenvalue weighted by Gasteiger charge is -2.26. The predicted molar refractivity (Wildman–Crippen MR) is 153 cm³/mol. The Bertz CT molecular complexity index is 1620. The van der Waals surface area contributed by atoms with E-state index in [9.17, 15) is 33.5 Å². The molecule has 2 aliphatic rings. The second-order valence-corrected chi connectivity index (χ2v) is 10.7. The van der Waals surface area contributed by atoms with Crippen molar-refractivity contribution in [1.82, 2.24) is 15.5 Å². The van der Waals surface area contributed by atoms with Crippen LogP contribution in [0.15, 0.2) is 78.4 Å². The van der Waals surface area contributed by atoms with Crippen molar-refractivity contribution in [3.8, 4) is 0 Å². The zero-order valence-electron chi connectivity index (χ0n) is 23.1. The number of esters is 1. The van der Waals surface area contributed by atoms with Crippen LogP contribution in [0.3, 0.4) is 0 Å². The highest BCUT2D eigenvalue weighted by molar-refractivity contribution is 6.01. The summed E-state index contributed by atoms with van der Waals surface area (Å²) in [4.78, 5) is 65.2. The highest BCUT2D eigenvalue weighted by atomic mass is 19.1. The van der Waals surface area contributed by atoms with Crippen molar-refractivity contribution in [2.24, 2.45) is 5.92 Å². The highest BCUT2D eigenvalue weighted by Crippen LogP contribution is 2.24. The zero-order valence-corrected chi connectivity index (χ0v) is 23.1. The van der Waals surface area contributed by atoms with Crippen molar-refractivity contribution in [2.75, 3.05) is 19.6 Å². The lowest BCUT2D eigenvalue weighted by molar-refractivity contribution is -0.156. The standard InChI is InChI=1S/C32H30FN3O7/c33-25-7-3-6-22(13-25)29(39)34-16-19-8-11-27(35-30(40)23-10-9-20-4-1-2-5-21(20)12-23)31(41)36(17-19)18-26(37)14-24-15-28(38)43-32(24)42/h1-10,12-13,24,27,32,42H,11,14-18H2,(H,34,39)(H,35,40). The lowest BCUT2D eigenvalue weighted by atomic mass is 10.00. The van der Waals surface area contributed by atoms with E-state index in [0.717, 1.165) is 16.8 Å². The SMILES string of the molecule is O=C(CC1CC(=O)OC1O)CN1CC(CNC(=O)c2cccc(F)c2)=CCC(NC(=O)c2ccc3ccccc3c2)C1=O. The van der Waals surface area contributed by atoms with E-state index in [1.807, 2.05) is 30.3 Å². The molecule has 0 bridgehead atoms. The van der Waals surface area contributed by atoms with Crippen LogP contribution in [-0.4, -0.2) is 71.4 Å². The molecule has 10 nitrogen and oxygen atoms in total. The average molecular weight is 588 g/mol. The van der Waals surface area contributed by atoms with Crippen LogP contribution in [0.2, 0.25) is 0 Å². The molecule has 2 aliphatic heterocycles. The number of aliphatic hydroxyl groups excluding tert-OH is 1. The van der Waals surface area contributed by atoms with Crippen LogP contribution in [0.1, 0.15) is 40.0 Å². The Morgan fingerprint density at radius 3 is 2.47 bits per heavy atom. The maximum absolute atomic E-state index is 13.6. The van der Waals surface area contributed by atoms with Gasteiger partial charge in [-0.2, -0.15) is 0 Å². The van der Waals surface area contributed by atoms with E-state index in [-0.39, 0.29) is 44.5 Å². The number of aliphatic hydroxyl groups is 1. The van der Waals surface area contributed by atoms with Crippen LogP contribution in [0.4, 0.5) is 4.39 Å². The number of nitrogens with one attached hydrogen (secondary N) is 2. The Morgan fingerprint density at radius 1 is 0.953 bits per heavy atom. The third-order valence-corrected chi connectivity index (χ3v) is 7.47. The third kappa shape index (κ3) is 7.31. The first-order chi connectivity index (χ1) is 20.7. The Kier molecular flexibility index (Phi) is 8.91. The van der Waals surface area contributed by atoms with E-state index in [1.165, 1.54) is 23.1 Å².